The number of carbonyl (C=O) groups excluding carboxylic acids is 1. The van der Waals surface area contributed by atoms with E-state index in [0.29, 0.717) is 36.4 Å². The van der Waals surface area contributed by atoms with E-state index in [-0.39, 0.29) is 12.5 Å². The molecule has 6 heteroatoms. The highest BCUT2D eigenvalue weighted by atomic mass is 16.5. The molecule has 1 unspecified atom stereocenters. The monoisotopic (exact) mass is 514 g/mol. The van der Waals surface area contributed by atoms with E-state index in [1.54, 1.807) is 13.2 Å². The minimum Gasteiger partial charge on any atom is -0.493 e. The summed E-state index contributed by atoms with van der Waals surface area (Å²) in [4.78, 5) is 14.6. The van der Waals surface area contributed by atoms with Gasteiger partial charge in [0.05, 0.1) is 13.7 Å². The van der Waals surface area contributed by atoms with Crippen LogP contribution in [0.15, 0.2) is 42.6 Å². The molecular formula is C31H50N2O4. The van der Waals surface area contributed by atoms with E-state index in [1.807, 2.05) is 12.1 Å². The molecule has 0 spiro atoms. The van der Waals surface area contributed by atoms with Crippen molar-refractivity contribution in [2.24, 2.45) is 0 Å². The second kappa shape index (κ2) is 19.5. The highest BCUT2D eigenvalue weighted by molar-refractivity contribution is 5.77. The minimum atomic E-state index is -0.127. The van der Waals surface area contributed by atoms with Gasteiger partial charge in [0.1, 0.15) is 5.75 Å². The zero-order valence-electron chi connectivity index (χ0n) is 23.5. The van der Waals surface area contributed by atoms with Crippen molar-refractivity contribution in [3.8, 4) is 17.2 Å². The Kier molecular flexibility index (Phi) is 16.1. The van der Waals surface area contributed by atoms with Gasteiger partial charge in [-0.25, -0.2) is 0 Å². The topological polar surface area (TPSA) is 60.0 Å². The largest absolute Gasteiger partial charge is 0.493 e. The van der Waals surface area contributed by atoms with Crippen LogP contribution in [0.1, 0.15) is 90.9 Å². The first-order valence-corrected chi connectivity index (χ1v) is 14.5. The lowest BCUT2D eigenvalue weighted by molar-refractivity contribution is -0.123. The fourth-order valence-electron chi connectivity index (χ4n) is 4.52. The highest BCUT2D eigenvalue weighted by Gasteiger charge is 2.14. The summed E-state index contributed by atoms with van der Waals surface area (Å²) < 4.78 is 17.1. The lowest BCUT2D eigenvalue weighted by Crippen LogP contribution is -2.36. The summed E-state index contributed by atoms with van der Waals surface area (Å²) in [5, 5.41) is 2.96. The fraction of sp³-hybridized carbons (Fsp3) is 0.645. The maximum absolute atomic E-state index is 12.3. The van der Waals surface area contributed by atoms with Crippen LogP contribution >= 0.6 is 0 Å². The molecule has 0 fully saturated rings. The number of rotatable bonds is 21. The number of unbranched alkanes of at least 4 members (excludes halogenated alkanes) is 9. The molecule has 6 nitrogen and oxygen atoms in total. The molecule has 1 atom stereocenters. The Labute approximate surface area is 225 Å². The first-order valence-electron chi connectivity index (χ1n) is 14.5. The molecule has 0 radical (unpaired) electrons. The first kappa shape index (κ1) is 30.6. The molecule has 2 rings (SSSR count). The van der Waals surface area contributed by atoms with Crippen LogP contribution in [0.5, 0.6) is 17.2 Å². The third kappa shape index (κ3) is 12.9. The average Bonchev–Trinajstić information content (AvgIpc) is 2.92. The second-order valence-corrected chi connectivity index (χ2v) is 9.80. The summed E-state index contributed by atoms with van der Waals surface area (Å²) in [7, 11) is 1.62. The first-order chi connectivity index (χ1) is 18.2. The fourth-order valence-corrected chi connectivity index (χ4v) is 4.52. The van der Waals surface area contributed by atoms with Crippen LogP contribution in [0.3, 0.4) is 0 Å². The Morgan fingerprint density at radius 3 is 2.32 bits per heavy atom. The molecule has 1 N–H and O–H groups in total. The van der Waals surface area contributed by atoms with Gasteiger partial charge in [-0.2, -0.15) is 0 Å². The van der Waals surface area contributed by atoms with Crippen molar-refractivity contribution in [2.75, 3.05) is 33.4 Å². The van der Waals surface area contributed by atoms with Crippen molar-refractivity contribution >= 4 is 5.91 Å². The van der Waals surface area contributed by atoms with E-state index < -0.39 is 0 Å². The van der Waals surface area contributed by atoms with E-state index in [0.717, 1.165) is 25.8 Å². The summed E-state index contributed by atoms with van der Waals surface area (Å²) in [6.45, 7) is 6.72. The maximum Gasteiger partial charge on any atom is 0.257 e. The van der Waals surface area contributed by atoms with Crippen LogP contribution in [-0.4, -0.2) is 50.3 Å². The molecule has 1 aromatic rings. The molecule has 1 aliphatic rings. The van der Waals surface area contributed by atoms with Gasteiger partial charge in [0, 0.05) is 25.2 Å². The molecule has 1 heterocycles. The molecule has 0 bridgehead atoms. The number of nitrogens with one attached hydrogen (secondary N) is 1. The van der Waals surface area contributed by atoms with Crippen molar-refractivity contribution < 1.29 is 19.0 Å². The summed E-state index contributed by atoms with van der Waals surface area (Å²) in [5.74, 6) is 1.80. The van der Waals surface area contributed by atoms with Gasteiger partial charge in [0.15, 0.2) is 18.1 Å². The van der Waals surface area contributed by atoms with Gasteiger partial charge in [-0.05, 0) is 43.7 Å². The molecule has 0 saturated carbocycles. The highest BCUT2D eigenvalue weighted by Crippen LogP contribution is 2.31. The summed E-state index contributed by atoms with van der Waals surface area (Å²) in [6, 6.07) is 5.78. The Bertz CT molecular complexity index is 808. The predicted octanol–water partition coefficient (Wildman–Crippen LogP) is 7.04. The molecule has 37 heavy (non-hydrogen) atoms. The number of nitrogens with zero attached hydrogens (tertiary/aromatic N) is 1. The maximum atomic E-state index is 12.3. The van der Waals surface area contributed by atoms with Gasteiger partial charge in [-0.15, -0.1) is 0 Å². The van der Waals surface area contributed by atoms with Crippen molar-refractivity contribution in [1.82, 2.24) is 10.2 Å². The van der Waals surface area contributed by atoms with Crippen LogP contribution in [0.2, 0.25) is 0 Å². The molecular weight excluding hydrogens is 464 g/mol. The van der Waals surface area contributed by atoms with Crippen LogP contribution in [0.25, 0.3) is 0 Å². The number of allylic oxidation sites excluding steroid dienone is 2. The van der Waals surface area contributed by atoms with E-state index in [9.17, 15) is 4.79 Å². The number of hydrogen-bond donors (Lipinski definition) is 1. The SMILES string of the molecule is CCCCCCCCCCCCOc1ccc(OCC(=O)NCCC2C=CC=CN2CCC)cc1OC. The summed E-state index contributed by atoms with van der Waals surface area (Å²) in [6.07, 6.45) is 23.4. The Morgan fingerprint density at radius 1 is 0.892 bits per heavy atom. The van der Waals surface area contributed by atoms with Crippen molar-refractivity contribution in [3.63, 3.8) is 0 Å². The third-order valence-corrected chi connectivity index (χ3v) is 6.65. The quantitative estimate of drug-likeness (QED) is 0.178. The number of benzene rings is 1. The van der Waals surface area contributed by atoms with E-state index in [1.165, 1.54) is 57.8 Å². The number of hydrogen-bond acceptors (Lipinski definition) is 5. The molecule has 0 aliphatic carbocycles. The predicted molar refractivity (Wildman–Crippen MR) is 153 cm³/mol. The molecule has 0 aromatic heterocycles. The van der Waals surface area contributed by atoms with Gasteiger partial charge in [0.25, 0.3) is 5.91 Å². The van der Waals surface area contributed by atoms with Gasteiger partial charge < -0.3 is 24.4 Å². The van der Waals surface area contributed by atoms with Crippen LogP contribution in [-0.2, 0) is 4.79 Å². The van der Waals surface area contributed by atoms with E-state index in [2.05, 4.69) is 48.5 Å². The molecule has 1 aromatic carbocycles. The molecule has 208 valence electrons. The second-order valence-electron chi connectivity index (χ2n) is 9.80. The number of amides is 1. The van der Waals surface area contributed by atoms with E-state index in [4.69, 9.17) is 14.2 Å². The Balaban J connectivity index is 1.60. The molecule has 1 aliphatic heterocycles. The van der Waals surface area contributed by atoms with Gasteiger partial charge in [0.2, 0.25) is 0 Å². The van der Waals surface area contributed by atoms with Crippen molar-refractivity contribution in [1.29, 1.82) is 0 Å². The standard InChI is InChI=1S/C31H50N2O4/c1-4-6-7-8-9-10-11-12-13-16-24-36-29-19-18-28(25-30(29)35-3)37-26-31(34)32-21-20-27-17-14-15-23-33(27)22-5-2/h14-15,17-19,23,25,27H,4-13,16,20-22,24,26H2,1-3H3,(H,32,34). The Morgan fingerprint density at radius 2 is 1.62 bits per heavy atom. The summed E-state index contributed by atoms with van der Waals surface area (Å²) >= 11 is 0. The van der Waals surface area contributed by atoms with Crippen LogP contribution < -0.4 is 19.5 Å². The number of carbonyl (C=O) groups is 1. The van der Waals surface area contributed by atoms with E-state index >= 15 is 0 Å². The number of ether oxygens (including phenoxy) is 3. The van der Waals surface area contributed by atoms with Crippen molar-refractivity contribution in [2.45, 2.75) is 96.9 Å². The molecule has 0 saturated heterocycles. The zero-order valence-corrected chi connectivity index (χ0v) is 23.5. The van der Waals surface area contributed by atoms with Gasteiger partial charge >= 0.3 is 0 Å². The lowest BCUT2D eigenvalue weighted by atomic mass is 10.1. The van der Waals surface area contributed by atoms with Gasteiger partial charge in [-0.1, -0.05) is 83.8 Å². The Hall–Kier alpha value is -2.63. The zero-order chi connectivity index (χ0) is 26.6. The average molecular weight is 515 g/mol. The lowest BCUT2D eigenvalue weighted by Gasteiger charge is -2.30. The third-order valence-electron chi connectivity index (χ3n) is 6.65. The van der Waals surface area contributed by atoms with Crippen LogP contribution in [0, 0.1) is 0 Å². The van der Waals surface area contributed by atoms with Crippen molar-refractivity contribution in [3.05, 3.63) is 42.6 Å². The molecule has 1 amide bonds. The van der Waals surface area contributed by atoms with Gasteiger partial charge in [-0.3, -0.25) is 4.79 Å². The normalized spacial score (nSPS) is 14.6. The number of methoxy groups -OCH3 is 1. The smallest absolute Gasteiger partial charge is 0.257 e. The minimum absolute atomic E-state index is 0.0267. The van der Waals surface area contributed by atoms with Crippen LogP contribution in [0.4, 0.5) is 0 Å². The summed E-state index contributed by atoms with van der Waals surface area (Å²) in [5.41, 5.74) is 0.